The van der Waals surface area contributed by atoms with E-state index in [1.807, 2.05) is 0 Å². The molecule has 24 heavy (non-hydrogen) atoms. The molecule has 2 rings (SSSR count). The van der Waals surface area contributed by atoms with Gasteiger partial charge in [0.2, 0.25) is 11.8 Å². The molecule has 2 amide bonds. The number of halogens is 3. The van der Waals surface area contributed by atoms with Crippen molar-refractivity contribution in [3.8, 4) is 5.75 Å². The monoisotopic (exact) mass is 344 g/mol. The maximum atomic E-state index is 13.0. The van der Waals surface area contributed by atoms with E-state index in [2.05, 4.69) is 10.6 Å². The lowest BCUT2D eigenvalue weighted by molar-refractivity contribution is -0.137. The molecule has 1 aromatic carbocycles. The van der Waals surface area contributed by atoms with Gasteiger partial charge in [0.05, 0.1) is 11.7 Å². The van der Waals surface area contributed by atoms with E-state index in [4.69, 9.17) is 4.74 Å². The van der Waals surface area contributed by atoms with Crippen molar-refractivity contribution in [2.75, 3.05) is 5.32 Å². The van der Waals surface area contributed by atoms with E-state index in [0.29, 0.717) is 0 Å². The molecule has 132 valence electrons. The van der Waals surface area contributed by atoms with Crippen LogP contribution in [-0.4, -0.2) is 24.0 Å². The predicted octanol–water partition coefficient (Wildman–Crippen LogP) is 3.10. The van der Waals surface area contributed by atoms with Crippen molar-refractivity contribution in [3.05, 3.63) is 23.8 Å². The van der Waals surface area contributed by atoms with Gasteiger partial charge in [0.25, 0.3) is 0 Å². The number of hydrogen-bond donors (Lipinski definition) is 2. The van der Waals surface area contributed by atoms with Gasteiger partial charge >= 0.3 is 6.18 Å². The van der Waals surface area contributed by atoms with Crippen LogP contribution in [0.1, 0.15) is 38.7 Å². The number of benzene rings is 1. The molecule has 0 atom stereocenters. The molecule has 2 N–H and O–H groups in total. The second-order valence-corrected chi connectivity index (χ2v) is 5.98. The van der Waals surface area contributed by atoms with Crippen molar-refractivity contribution >= 4 is 17.5 Å². The van der Waals surface area contributed by atoms with Gasteiger partial charge in [-0.3, -0.25) is 9.59 Å². The molecule has 1 aromatic rings. The molecular formula is C16H19F3N2O3. The van der Waals surface area contributed by atoms with Crippen molar-refractivity contribution in [1.29, 1.82) is 0 Å². The Balaban J connectivity index is 2.09. The van der Waals surface area contributed by atoms with Crippen LogP contribution in [0.2, 0.25) is 0 Å². The normalized spacial score (nSPS) is 14.4. The minimum absolute atomic E-state index is 0.00226. The second kappa shape index (κ2) is 7.11. The Morgan fingerprint density at radius 1 is 1.21 bits per heavy atom. The molecule has 1 aliphatic rings. The van der Waals surface area contributed by atoms with Crippen LogP contribution in [0.4, 0.5) is 18.9 Å². The topological polar surface area (TPSA) is 67.4 Å². The second-order valence-electron chi connectivity index (χ2n) is 5.98. The van der Waals surface area contributed by atoms with Gasteiger partial charge in [-0.15, -0.1) is 0 Å². The lowest BCUT2D eigenvalue weighted by Crippen LogP contribution is -2.29. The van der Waals surface area contributed by atoms with E-state index in [-0.39, 0.29) is 23.6 Å². The van der Waals surface area contributed by atoms with E-state index < -0.39 is 30.0 Å². The maximum Gasteiger partial charge on any atom is 0.416 e. The van der Waals surface area contributed by atoms with Gasteiger partial charge in [0, 0.05) is 17.8 Å². The average molecular weight is 344 g/mol. The van der Waals surface area contributed by atoms with Gasteiger partial charge in [-0.2, -0.15) is 13.2 Å². The van der Waals surface area contributed by atoms with Crippen LogP contribution in [0.15, 0.2) is 18.2 Å². The number of carbonyl (C=O) groups is 2. The molecule has 1 fully saturated rings. The minimum Gasteiger partial charge on any atom is -0.491 e. The summed E-state index contributed by atoms with van der Waals surface area (Å²) in [7, 11) is 0. The summed E-state index contributed by atoms with van der Waals surface area (Å²) in [5, 5.41) is 4.95. The third-order valence-electron chi connectivity index (χ3n) is 3.15. The lowest BCUT2D eigenvalue weighted by atomic mass is 10.1. The summed E-state index contributed by atoms with van der Waals surface area (Å²) in [4.78, 5) is 23.4. The summed E-state index contributed by atoms with van der Waals surface area (Å²) in [6, 6.07) is 3.09. The number of rotatable bonds is 6. The Labute approximate surface area is 137 Å². The first-order chi connectivity index (χ1) is 11.1. The summed E-state index contributed by atoms with van der Waals surface area (Å²) in [6.07, 6.45) is -3.55. The fourth-order valence-electron chi connectivity index (χ4n) is 2.03. The third kappa shape index (κ3) is 5.75. The first-order valence-electron chi connectivity index (χ1n) is 7.61. The highest BCUT2D eigenvalue weighted by molar-refractivity contribution is 6.03. The van der Waals surface area contributed by atoms with Crippen LogP contribution in [0.3, 0.4) is 0 Å². The molecule has 8 heteroatoms. The predicted molar refractivity (Wildman–Crippen MR) is 81.6 cm³/mol. The first kappa shape index (κ1) is 18.1. The highest BCUT2D eigenvalue weighted by atomic mass is 19.4. The number of nitrogens with one attached hydrogen (secondary N) is 2. The number of amides is 2. The summed E-state index contributed by atoms with van der Waals surface area (Å²) < 4.78 is 44.1. The number of carbonyl (C=O) groups excluding carboxylic acids is 2. The Kier molecular flexibility index (Phi) is 5.36. The zero-order valence-corrected chi connectivity index (χ0v) is 13.4. The van der Waals surface area contributed by atoms with Gasteiger partial charge in [0.1, 0.15) is 12.2 Å². The molecule has 0 saturated heterocycles. The SMILES string of the molecule is CC(C)Oc1cc(NC(=O)CC(=O)NC2CC2)cc(C(F)(F)F)c1. The first-order valence-corrected chi connectivity index (χ1v) is 7.61. The fraction of sp³-hybridized carbons (Fsp3) is 0.500. The zero-order valence-electron chi connectivity index (χ0n) is 13.4. The van der Waals surface area contributed by atoms with Crippen molar-refractivity contribution in [3.63, 3.8) is 0 Å². The van der Waals surface area contributed by atoms with Gasteiger partial charge in [-0.05, 0) is 38.8 Å². The van der Waals surface area contributed by atoms with Crippen molar-refractivity contribution in [1.82, 2.24) is 5.32 Å². The molecule has 0 bridgehead atoms. The highest BCUT2D eigenvalue weighted by Crippen LogP contribution is 2.34. The van der Waals surface area contributed by atoms with Crippen LogP contribution in [0, 0.1) is 0 Å². The molecule has 0 aliphatic heterocycles. The van der Waals surface area contributed by atoms with Crippen LogP contribution >= 0.6 is 0 Å². The molecule has 0 radical (unpaired) electrons. The number of hydrogen-bond acceptors (Lipinski definition) is 3. The van der Waals surface area contributed by atoms with Crippen LogP contribution in [-0.2, 0) is 15.8 Å². The Morgan fingerprint density at radius 3 is 2.42 bits per heavy atom. The van der Waals surface area contributed by atoms with Crippen molar-refractivity contribution in [2.24, 2.45) is 0 Å². The minimum atomic E-state index is -4.57. The number of anilines is 1. The standard InChI is InChI=1S/C16H19F3N2O3/c1-9(2)24-13-6-10(16(17,18)19)5-12(7-13)21-15(23)8-14(22)20-11-3-4-11/h5-7,9,11H,3-4,8H2,1-2H3,(H,20,22)(H,21,23). The molecule has 1 saturated carbocycles. The molecule has 0 unspecified atom stereocenters. The van der Waals surface area contributed by atoms with E-state index in [0.717, 1.165) is 25.0 Å². The van der Waals surface area contributed by atoms with Crippen LogP contribution in [0.5, 0.6) is 5.75 Å². The number of ether oxygens (including phenoxy) is 1. The fourth-order valence-corrected chi connectivity index (χ4v) is 2.03. The molecular weight excluding hydrogens is 325 g/mol. The molecule has 0 heterocycles. The Hall–Kier alpha value is -2.25. The zero-order chi connectivity index (χ0) is 17.9. The molecule has 1 aliphatic carbocycles. The van der Waals surface area contributed by atoms with Crippen molar-refractivity contribution in [2.45, 2.75) is 51.4 Å². The maximum absolute atomic E-state index is 13.0. The quantitative estimate of drug-likeness (QED) is 0.779. The Morgan fingerprint density at radius 2 is 1.88 bits per heavy atom. The molecule has 0 aromatic heterocycles. The summed E-state index contributed by atoms with van der Waals surface area (Å²) >= 11 is 0. The summed E-state index contributed by atoms with van der Waals surface area (Å²) in [5.41, 5.74) is -0.997. The molecule has 0 spiro atoms. The third-order valence-corrected chi connectivity index (χ3v) is 3.15. The summed E-state index contributed by atoms with van der Waals surface area (Å²) in [6.45, 7) is 3.36. The van der Waals surface area contributed by atoms with Crippen LogP contribution < -0.4 is 15.4 Å². The lowest BCUT2D eigenvalue weighted by Gasteiger charge is -2.15. The van der Waals surface area contributed by atoms with E-state index in [1.165, 1.54) is 6.07 Å². The smallest absolute Gasteiger partial charge is 0.416 e. The largest absolute Gasteiger partial charge is 0.491 e. The Bertz CT molecular complexity index is 625. The van der Waals surface area contributed by atoms with E-state index in [1.54, 1.807) is 13.8 Å². The average Bonchev–Trinajstić information content (AvgIpc) is 3.19. The summed E-state index contributed by atoms with van der Waals surface area (Å²) in [5.74, 6) is -1.12. The van der Waals surface area contributed by atoms with Gasteiger partial charge in [-0.1, -0.05) is 0 Å². The van der Waals surface area contributed by atoms with Gasteiger partial charge in [-0.25, -0.2) is 0 Å². The number of alkyl halides is 3. The van der Waals surface area contributed by atoms with Gasteiger partial charge in [0.15, 0.2) is 0 Å². The molecule has 5 nitrogen and oxygen atoms in total. The van der Waals surface area contributed by atoms with Crippen molar-refractivity contribution < 1.29 is 27.5 Å². The highest BCUT2D eigenvalue weighted by Gasteiger charge is 2.32. The van der Waals surface area contributed by atoms with Gasteiger partial charge < -0.3 is 15.4 Å². The van der Waals surface area contributed by atoms with E-state index in [9.17, 15) is 22.8 Å². The van der Waals surface area contributed by atoms with E-state index >= 15 is 0 Å². The van der Waals surface area contributed by atoms with Crippen LogP contribution in [0.25, 0.3) is 0 Å².